The molecule has 0 aliphatic carbocycles. The van der Waals surface area contributed by atoms with E-state index in [4.69, 9.17) is 10.4 Å². The topological polar surface area (TPSA) is 90.2 Å². The fraction of sp³-hybridized carbons (Fsp3) is 0.400. The van der Waals surface area contributed by atoms with Gasteiger partial charge in [0.2, 0.25) is 5.91 Å². The first-order valence-electron chi connectivity index (χ1n) is 6.47. The van der Waals surface area contributed by atoms with Gasteiger partial charge in [-0.1, -0.05) is 19.9 Å². The molecule has 0 aliphatic heterocycles. The van der Waals surface area contributed by atoms with E-state index in [9.17, 15) is 9.59 Å². The quantitative estimate of drug-likeness (QED) is 0.788. The van der Waals surface area contributed by atoms with E-state index in [-0.39, 0.29) is 23.1 Å². The third-order valence-electron chi connectivity index (χ3n) is 3.24. The van der Waals surface area contributed by atoms with E-state index in [0.717, 1.165) is 0 Å². The molecule has 1 aromatic rings. The van der Waals surface area contributed by atoms with Crippen molar-refractivity contribution in [1.82, 2.24) is 5.32 Å². The van der Waals surface area contributed by atoms with Gasteiger partial charge in [0.25, 0.3) is 0 Å². The van der Waals surface area contributed by atoms with Crippen LogP contribution < -0.4 is 5.32 Å². The predicted molar refractivity (Wildman–Crippen MR) is 81.1 cm³/mol. The molecular formula is C15H18N2O3S. The van der Waals surface area contributed by atoms with Crippen LogP contribution in [0.2, 0.25) is 0 Å². The molecular weight excluding hydrogens is 288 g/mol. The number of amides is 1. The number of nitrogens with one attached hydrogen (secondary N) is 1. The molecule has 2 N–H and O–H groups in total. The second kappa shape index (κ2) is 7.14. The van der Waals surface area contributed by atoms with Gasteiger partial charge in [0.15, 0.2) is 0 Å². The highest BCUT2D eigenvalue weighted by Gasteiger charge is 2.29. The van der Waals surface area contributed by atoms with Gasteiger partial charge in [-0.2, -0.15) is 5.26 Å². The fourth-order valence-corrected chi connectivity index (χ4v) is 2.25. The summed E-state index contributed by atoms with van der Waals surface area (Å²) in [5.41, 5.74) is -0.718. The maximum Gasteiger partial charge on any atom is 0.335 e. The van der Waals surface area contributed by atoms with Crippen LogP contribution in [0, 0.1) is 17.2 Å². The van der Waals surface area contributed by atoms with E-state index in [2.05, 4.69) is 11.4 Å². The molecule has 21 heavy (non-hydrogen) atoms. The molecule has 0 radical (unpaired) electrons. The Morgan fingerprint density at radius 1 is 1.48 bits per heavy atom. The minimum absolute atomic E-state index is 0.00760. The van der Waals surface area contributed by atoms with Gasteiger partial charge in [-0.25, -0.2) is 4.79 Å². The Labute approximate surface area is 128 Å². The number of carbonyl (C=O) groups is 2. The van der Waals surface area contributed by atoms with Gasteiger partial charge in [-0.3, -0.25) is 4.79 Å². The zero-order chi connectivity index (χ0) is 16.0. The van der Waals surface area contributed by atoms with Crippen molar-refractivity contribution < 1.29 is 14.7 Å². The molecule has 1 atom stereocenters. The molecule has 0 spiro atoms. The van der Waals surface area contributed by atoms with Crippen LogP contribution in [-0.4, -0.2) is 28.3 Å². The van der Waals surface area contributed by atoms with Crippen molar-refractivity contribution >= 4 is 23.6 Å². The van der Waals surface area contributed by atoms with Crippen LogP contribution in [0.4, 0.5) is 0 Å². The Morgan fingerprint density at radius 3 is 2.67 bits per heavy atom. The number of benzene rings is 1. The number of carboxylic acids is 1. The molecule has 0 saturated carbocycles. The van der Waals surface area contributed by atoms with Crippen LogP contribution in [0.5, 0.6) is 0 Å². The molecule has 1 amide bonds. The molecule has 1 unspecified atom stereocenters. The zero-order valence-corrected chi connectivity index (χ0v) is 13.0. The first kappa shape index (κ1) is 17.1. The maximum atomic E-state index is 11.9. The molecule has 5 nitrogen and oxygen atoms in total. The van der Waals surface area contributed by atoms with Crippen LogP contribution >= 0.6 is 11.8 Å². The van der Waals surface area contributed by atoms with Gasteiger partial charge in [0.1, 0.15) is 5.54 Å². The summed E-state index contributed by atoms with van der Waals surface area (Å²) >= 11 is 1.24. The Hall–Kier alpha value is -2.00. The number of carboxylic acid groups (broad SMARTS) is 1. The van der Waals surface area contributed by atoms with Gasteiger partial charge in [0.05, 0.1) is 17.4 Å². The summed E-state index contributed by atoms with van der Waals surface area (Å²) < 4.78 is 0. The summed E-state index contributed by atoms with van der Waals surface area (Å²) in [6, 6.07) is 8.51. The van der Waals surface area contributed by atoms with Gasteiger partial charge in [-0.15, -0.1) is 11.8 Å². The molecule has 0 heterocycles. The Kier molecular flexibility index (Phi) is 5.79. The van der Waals surface area contributed by atoms with Crippen molar-refractivity contribution in [2.24, 2.45) is 5.92 Å². The Morgan fingerprint density at radius 2 is 2.14 bits per heavy atom. The Bertz CT molecular complexity index is 581. The minimum Gasteiger partial charge on any atom is -0.478 e. The molecule has 0 aliphatic rings. The molecule has 0 aromatic heterocycles. The van der Waals surface area contributed by atoms with Crippen molar-refractivity contribution in [2.45, 2.75) is 31.2 Å². The fourth-order valence-electron chi connectivity index (χ4n) is 1.49. The molecule has 112 valence electrons. The summed E-state index contributed by atoms with van der Waals surface area (Å²) in [7, 11) is 0. The van der Waals surface area contributed by atoms with E-state index in [1.807, 2.05) is 13.8 Å². The largest absolute Gasteiger partial charge is 0.478 e. The normalized spacial score (nSPS) is 13.3. The van der Waals surface area contributed by atoms with E-state index in [0.29, 0.717) is 4.90 Å². The van der Waals surface area contributed by atoms with Crippen LogP contribution in [0.3, 0.4) is 0 Å². The summed E-state index contributed by atoms with van der Waals surface area (Å²) in [6.45, 7) is 5.42. The molecule has 6 heteroatoms. The van der Waals surface area contributed by atoms with E-state index in [1.165, 1.54) is 23.9 Å². The lowest BCUT2D eigenvalue weighted by Crippen LogP contribution is -2.49. The lowest BCUT2D eigenvalue weighted by molar-refractivity contribution is -0.120. The summed E-state index contributed by atoms with van der Waals surface area (Å²) in [5, 5.41) is 20.8. The lowest BCUT2D eigenvalue weighted by atomic mass is 9.90. The second-order valence-electron chi connectivity index (χ2n) is 5.14. The van der Waals surface area contributed by atoms with Crippen molar-refractivity contribution in [3.05, 3.63) is 29.8 Å². The zero-order valence-electron chi connectivity index (χ0n) is 12.2. The molecule has 0 bridgehead atoms. The first-order valence-corrected chi connectivity index (χ1v) is 7.45. The van der Waals surface area contributed by atoms with Crippen LogP contribution in [0.15, 0.2) is 29.2 Å². The third-order valence-corrected chi connectivity index (χ3v) is 4.23. The van der Waals surface area contributed by atoms with Crippen molar-refractivity contribution in [3.8, 4) is 6.07 Å². The average molecular weight is 306 g/mol. The molecule has 0 fully saturated rings. The number of thioether (sulfide) groups is 1. The van der Waals surface area contributed by atoms with Crippen molar-refractivity contribution in [1.29, 1.82) is 5.26 Å². The highest BCUT2D eigenvalue weighted by molar-refractivity contribution is 8.00. The Balaban J connectivity index is 2.64. The second-order valence-corrected chi connectivity index (χ2v) is 6.19. The van der Waals surface area contributed by atoms with Crippen LogP contribution in [0.25, 0.3) is 0 Å². The number of carbonyl (C=O) groups excluding carboxylic acids is 1. The lowest BCUT2D eigenvalue weighted by Gasteiger charge is -2.27. The van der Waals surface area contributed by atoms with E-state index < -0.39 is 11.5 Å². The minimum atomic E-state index is -1.00. The van der Waals surface area contributed by atoms with Crippen molar-refractivity contribution in [2.75, 3.05) is 5.75 Å². The number of nitriles is 1. The SMILES string of the molecule is CC(C)C(C)(C#N)NC(=O)CSc1cccc(C(=O)O)c1. The highest BCUT2D eigenvalue weighted by atomic mass is 32.2. The monoisotopic (exact) mass is 306 g/mol. The van der Waals surface area contributed by atoms with Crippen molar-refractivity contribution in [3.63, 3.8) is 0 Å². The third kappa shape index (κ3) is 4.80. The van der Waals surface area contributed by atoms with Gasteiger partial charge < -0.3 is 10.4 Å². The molecule has 0 saturated heterocycles. The molecule has 1 rings (SSSR count). The smallest absolute Gasteiger partial charge is 0.335 e. The summed E-state index contributed by atoms with van der Waals surface area (Å²) in [4.78, 5) is 23.5. The predicted octanol–water partition coefficient (Wildman–Crippen LogP) is 2.53. The van der Waals surface area contributed by atoms with Crippen LogP contribution in [-0.2, 0) is 4.79 Å². The van der Waals surface area contributed by atoms with Gasteiger partial charge in [-0.05, 0) is 31.0 Å². The van der Waals surface area contributed by atoms with Gasteiger partial charge in [0, 0.05) is 4.90 Å². The number of hydrogen-bond donors (Lipinski definition) is 2. The van der Waals surface area contributed by atoms with E-state index >= 15 is 0 Å². The number of nitrogens with zero attached hydrogens (tertiary/aromatic N) is 1. The number of rotatable bonds is 6. The number of hydrogen-bond acceptors (Lipinski definition) is 4. The standard InChI is InChI=1S/C15H18N2O3S/c1-10(2)15(3,9-16)17-13(18)8-21-12-6-4-5-11(7-12)14(19)20/h4-7,10H,8H2,1-3H3,(H,17,18)(H,19,20). The summed E-state index contributed by atoms with van der Waals surface area (Å²) in [5.74, 6) is -1.13. The number of aromatic carboxylic acids is 1. The van der Waals surface area contributed by atoms with E-state index in [1.54, 1.807) is 19.1 Å². The highest BCUT2D eigenvalue weighted by Crippen LogP contribution is 2.20. The molecule has 1 aromatic carbocycles. The summed E-state index contributed by atoms with van der Waals surface area (Å²) in [6.07, 6.45) is 0. The maximum absolute atomic E-state index is 11.9. The average Bonchev–Trinajstić information content (AvgIpc) is 2.45. The van der Waals surface area contributed by atoms with Gasteiger partial charge >= 0.3 is 5.97 Å². The first-order chi connectivity index (χ1) is 9.78. The van der Waals surface area contributed by atoms with Crippen LogP contribution in [0.1, 0.15) is 31.1 Å².